The first-order valence-corrected chi connectivity index (χ1v) is 6.27. The Hall–Kier alpha value is -1.83. The van der Waals surface area contributed by atoms with E-state index in [-0.39, 0.29) is 15.9 Å². The van der Waals surface area contributed by atoms with Crippen molar-refractivity contribution in [1.82, 2.24) is 10.2 Å². The molecule has 0 radical (unpaired) electrons. The fraction of sp³-hybridized carbons (Fsp3) is 0.167. The second kappa shape index (κ2) is 5.28. The summed E-state index contributed by atoms with van der Waals surface area (Å²) in [6.45, 7) is 1.74. The van der Waals surface area contributed by atoms with E-state index in [1.54, 1.807) is 13.0 Å². The first-order valence-electron chi connectivity index (χ1n) is 5.47. The zero-order chi connectivity index (χ0) is 14.9. The van der Waals surface area contributed by atoms with Gasteiger partial charge in [-0.05, 0) is 41.1 Å². The number of hydrogen-bond acceptors (Lipinski definition) is 2. The third kappa shape index (κ3) is 3.19. The fourth-order valence-corrected chi connectivity index (χ4v) is 1.97. The number of alkyl halides is 3. The van der Waals surface area contributed by atoms with Gasteiger partial charge in [0.15, 0.2) is 5.82 Å². The van der Waals surface area contributed by atoms with E-state index in [2.05, 4.69) is 31.4 Å². The van der Waals surface area contributed by atoms with E-state index in [0.717, 1.165) is 17.8 Å². The SMILES string of the molecule is Cc1cc(NC(=O)c2cc(C(F)(F)F)ccc2Br)n[nH]1. The first-order chi connectivity index (χ1) is 9.27. The number of amides is 1. The summed E-state index contributed by atoms with van der Waals surface area (Å²) < 4.78 is 38.2. The van der Waals surface area contributed by atoms with Gasteiger partial charge >= 0.3 is 6.18 Å². The van der Waals surface area contributed by atoms with Gasteiger partial charge < -0.3 is 5.32 Å². The molecule has 0 aliphatic carbocycles. The van der Waals surface area contributed by atoms with Gasteiger partial charge in [-0.15, -0.1) is 0 Å². The molecule has 0 saturated heterocycles. The van der Waals surface area contributed by atoms with Crippen molar-refractivity contribution in [3.8, 4) is 0 Å². The van der Waals surface area contributed by atoms with Gasteiger partial charge in [0.25, 0.3) is 5.91 Å². The third-order valence-corrected chi connectivity index (χ3v) is 3.18. The highest BCUT2D eigenvalue weighted by molar-refractivity contribution is 9.10. The van der Waals surface area contributed by atoms with Crippen LogP contribution in [0.3, 0.4) is 0 Å². The highest BCUT2D eigenvalue weighted by Gasteiger charge is 2.31. The second-order valence-corrected chi connectivity index (χ2v) is 4.94. The number of halogens is 4. The Bertz CT molecular complexity index is 652. The minimum Gasteiger partial charge on any atom is -0.305 e. The Morgan fingerprint density at radius 1 is 1.35 bits per heavy atom. The van der Waals surface area contributed by atoms with Gasteiger partial charge in [0, 0.05) is 16.2 Å². The molecule has 0 aliphatic rings. The predicted molar refractivity (Wildman–Crippen MR) is 70.4 cm³/mol. The van der Waals surface area contributed by atoms with Crippen molar-refractivity contribution >= 4 is 27.7 Å². The van der Waals surface area contributed by atoms with Crippen LogP contribution in [0.25, 0.3) is 0 Å². The van der Waals surface area contributed by atoms with Gasteiger partial charge in [0.05, 0.1) is 11.1 Å². The number of anilines is 1. The number of hydrogen-bond donors (Lipinski definition) is 2. The van der Waals surface area contributed by atoms with E-state index in [1.165, 1.54) is 6.07 Å². The molecule has 0 bridgehead atoms. The fourth-order valence-electron chi connectivity index (χ4n) is 1.54. The monoisotopic (exact) mass is 347 g/mol. The largest absolute Gasteiger partial charge is 0.416 e. The molecule has 1 aromatic carbocycles. The number of benzene rings is 1. The van der Waals surface area contributed by atoms with Crippen molar-refractivity contribution in [3.05, 3.63) is 45.6 Å². The number of H-pyrrole nitrogens is 1. The molecule has 1 heterocycles. The zero-order valence-electron chi connectivity index (χ0n) is 10.2. The Balaban J connectivity index is 2.29. The van der Waals surface area contributed by atoms with E-state index in [9.17, 15) is 18.0 Å². The molecule has 2 aromatic rings. The Kier molecular flexibility index (Phi) is 3.85. The van der Waals surface area contributed by atoms with E-state index >= 15 is 0 Å². The zero-order valence-corrected chi connectivity index (χ0v) is 11.8. The van der Waals surface area contributed by atoms with Crippen molar-refractivity contribution in [2.24, 2.45) is 0 Å². The molecule has 0 spiro atoms. The number of carbonyl (C=O) groups excluding carboxylic acids is 1. The predicted octanol–water partition coefficient (Wildman–Crippen LogP) is 3.75. The van der Waals surface area contributed by atoms with Crippen LogP contribution < -0.4 is 5.32 Å². The molecule has 4 nitrogen and oxygen atoms in total. The van der Waals surface area contributed by atoms with Crippen LogP contribution in [-0.4, -0.2) is 16.1 Å². The quantitative estimate of drug-likeness (QED) is 0.869. The summed E-state index contributed by atoms with van der Waals surface area (Å²) >= 11 is 3.06. The van der Waals surface area contributed by atoms with Crippen LogP contribution in [0.15, 0.2) is 28.7 Å². The molecular formula is C12H9BrF3N3O. The molecule has 8 heteroatoms. The summed E-state index contributed by atoms with van der Waals surface area (Å²) in [5, 5.41) is 8.83. The Morgan fingerprint density at radius 3 is 2.60 bits per heavy atom. The molecule has 0 fully saturated rings. The van der Waals surface area contributed by atoms with E-state index in [4.69, 9.17) is 0 Å². The lowest BCUT2D eigenvalue weighted by Crippen LogP contribution is -2.15. The molecule has 2 N–H and O–H groups in total. The highest BCUT2D eigenvalue weighted by Crippen LogP contribution is 2.32. The van der Waals surface area contributed by atoms with Crippen molar-refractivity contribution in [1.29, 1.82) is 0 Å². The lowest BCUT2D eigenvalue weighted by atomic mass is 10.1. The average molecular weight is 348 g/mol. The molecule has 1 aromatic heterocycles. The van der Waals surface area contributed by atoms with Gasteiger partial charge in [0.2, 0.25) is 0 Å². The summed E-state index contributed by atoms with van der Waals surface area (Å²) in [5.41, 5.74) is -0.270. The van der Waals surface area contributed by atoms with Crippen LogP contribution in [0, 0.1) is 6.92 Å². The summed E-state index contributed by atoms with van der Waals surface area (Å²) in [7, 11) is 0. The van der Waals surface area contributed by atoms with E-state index in [1.807, 2.05) is 0 Å². The summed E-state index contributed by atoms with van der Waals surface area (Å²) in [6.07, 6.45) is -4.50. The van der Waals surface area contributed by atoms with Crippen molar-refractivity contribution in [2.45, 2.75) is 13.1 Å². The van der Waals surface area contributed by atoms with Gasteiger partial charge in [-0.3, -0.25) is 9.89 Å². The average Bonchev–Trinajstić information content (AvgIpc) is 2.73. The number of carbonyl (C=O) groups is 1. The van der Waals surface area contributed by atoms with Crippen LogP contribution >= 0.6 is 15.9 Å². The molecule has 2 rings (SSSR count). The molecule has 20 heavy (non-hydrogen) atoms. The number of aromatic amines is 1. The maximum atomic E-state index is 12.6. The molecule has 0 aliphatic heterocycles. The van der Waals surface area contributed by atoms with Crippen LogP contribution in [-0.2, 0) is 6.18 Å². The number of rotatable bonds is 2. The molecule has 0 unspecified atom stereocenters. The summed E-state index contributed by atoms with van der Waals surface area (Å²) in [4.78, 5) is 12.0. The lowest BCUT2D eigenvalue weighted by Gasteiger charge is -2.10. The third-order valence-electron chi connectivity index (χ3n) is 2.49. The van der Waals surface area contributed by atoms with Crippen LogP contribution in [0.5, 0.6) is 0 Å². The van der Waals surface area contributed by atoms with Crippen molar-refractivity contribution in [2.75, 3.05) is 5.32 Å². The number of aryl methyl sites for hydroxylation is 1. The maximum Gasteiger partial charge on any atom is 0.416 e. The second-order valence-electron chi connectivity index (χ2n) is 4.08. The molecule has 1 amide bonds. The van der Waals surface area contributed by atoms with E-state index < -0.39 is 17.6 Å². The molecule has 106 valence electrons. The minimum atomic E-state index is -4.50. The lowest BCUT2D eigenvalue weighted by molar-refractivity contribution is -0.137. The molecular weight excluding hydrogens is 339 g/mol. The van der Waals surface area contributed by atoms with Crippen LogP contribution in [0.4, 0.5) is 19.0 Å². The smallest absolute Gasteiger partial charge is 0.305 e. The number of nitrogens with zero attached hydrogens (tertiary/aromatic N) is 1. The van der Waals surface area contributed by atoms with Gasteiger partial charge in [-0.1, -0.05) is 0 Å². The summed E-state index contributed by atoms with van der Waals surface area (Å²) in [5.74, 6) is -0.425. The molecule has 0 saturated carbocycles. The van der Waals surface area contributed by atoms with Crippen molar-refractivity contribution in [3.63, 3.8) is 0 Å². The van der Waals surface area contributed by atoms with Gasteiger partial charge in [-0.25, -0.2) is 0 Å². The Morgan fingerprint density at radius 2 is 2.05 bits per heavy atom. The maximum absolute atomic E-state index is 12.6. The summed E-state index contributed by atoms with van der Waals surface area (Å²) in [6, 6.07) is 4.45. The van der Waals surface area contributed by atoms with Gasteiger partial charge in [0.1, 0.15) is 0 Å². The van der Waals surface area contributed by atoms with E-state index in [0.29, 0.717) is 0 Å². The topological polar surface area (TPSA) is 57.8 Å². The Labute approximate surface area is 120 Å². The standard InChI is InChI=1S/C12H9BrF3N3O/c1-6-4-10(19-18-6)17-11(20)8-5-7(12(14,15)16)2-3-9(8)13/h2-5H,1H3,(H2,17,18,19,20). The number of nitrogens with one attached hydrogen (secondary N) is 2. The normalized spacial score (nSPS) is 11.4. The van der Waals surface area contributed by atoms with Crippen LogP contribution in [0.1, 0.15) is 21.6 Å². The minimum absolute atomic E-state index is 0.111. The first kappa shape index (κ1) is 14.6. The van der Waals surface area contributed by atoms with Crippen molar-refractivity contribution < 1.29 is 18.0 Å². The van der Waals surface area contributed by atoms with Crippen LogP contribution in [0.2, 0.25) is 0 Å². The van der Waals surface area contributed by atoms with Gasteiger partial charge in [-0.2, -0.15) is 18.3 Å². The number of aromatic nitrogens is 2. The molecule has 0 atom stereocenters. The highest BCUT2D eigenvalue weighted by atomic mass is 79.9.